The Morgan fingerprint density at radius 3 is 2.23 bits per heavy atom. The lowest BCUT2D eigenvalue weighted by atomic mass is 9.78. The summed E-state index contributed by atoms with van der Waals surface area (Å²) < 4.78 is 23.6. The van der Waals surface area contributed by atoms with E-state index in [1.807, 2.05) is 6.07 Å². The van der Waals surface area contributed by atoms with E-state index in [1.54, 1.807) is 71.2 Å². The van der Waals surface area contributed by atoms with Crippen LogP contribution in [-0.4, -0.2) is 93.8 Å². The zero-order valence-corrected chi connectivity index (χ0v) is 35.5. The van der Waals surface area contributed by atoms with Gasteiger partial charge in [-0.05, 0) is 32.1 Å². The highest BCUT2D eigenvalue weighted by atomic mass is 16.7. The predicted octanol–water partition coefficient (Wildman–Crippen LogP) is 6.22. The normalized spacial score (nSPS) is 29.7. The molecule has 322 valence electrons. The number of phenols is 3. The number of nitrogens with zero attached hydrogens (tertiary/aromatic N) is 2. The van der Waals surface area contributed by atoms with Crippen molar-refractivity contribution in [3.8, 4) is 23.0 Å². The van der Waals surface area contributed by atoms with Crippen molar-refractivity contribution in [2.24, 2.45) is 28.8 Å². The maximum absolute atomic E-state index is 14.4. The van der Waals surface area contributed by atoms with Crippen LogP contribution < -0.4 is 15.1 Å². The number of benzene rings is 3. The van der Waals surface area contributed by atoms with Crippen LogP contribution in [0.25, 0.3) is 10.8 Å². The third-order valence-corrected chi connectivity index (χ3v) is 11.5. The highest BCUT2D eigenvalue weighted by Gasteiger charge is 2.50. The van der Waals surface area contributed by atoms with Gasteiger partial charge in [-0.15, -0.1) is 0 Å². The molecular formula is C45H55N3O12. The predicted molar refractivity (Wildman–Crippen MR) is 226 cm³/mol. The second kappa shape index (κ2) is 18.2. The van der Waals surface area contributed by atoms with Crippen LogP contribution in [0.5, 0.6) is 23.0 Å². The topological polar surface area (TPSA) is 217 Å². The molecule has 0 spiro atoms. The van der Waals surface area contributed by atoms with Gasteiger partial charge in [-0.3, -0.25) is 19.4 Å². The van der Waals surface area contributed by atoms with Crippen LogP contribution in [0.2, 0.25) is 0 Å². The number of para-hydroxylation sites is 1. The summed E-state index contributed by atoms with van der Waals surface area (Å²) in [5.41, 5.74) is 0.150. The number of ketones is 1. The molecule has 3 aromatic carbocycles. The minimum atomic E-state index is -2.06. The number of hydrogen-bond donors (Lipinski definition) is 6. The Balaban J connectivity index is 1.73. The van der Waals surface area contributed by atoms with Crippen molar-refractivity contribution in [1.82, 2.24) is 0 Å². The fourth-order valence-corrected chi connectivity index (χ4v) is 7.73. The number of rotatable bonds is 5. The number of aliphatic hydroxyl groups excluding tert-OH is 2. The SMILES string of the molecule is CO[C@H]1/C=C/O[C@@]2(C)Oc3c(C)c(O)c4c(O)c(c(/C=N/N(C)c5ccccc5)c(O)c4c3C2=O)NC(=O)/C(C)=C\C=C\[C@@H](C)[C@@H](O)[C@@H](C)[C@H](O)[C@@H](C)[C@H](OC(C)=O)[C@@H]1C. The third-order valence-electron chi connectivity index (χ3n) is 11.5. The van der Waals surface area contributed by atoms with Crippen molar-refractivity contribution in [2.75, 3.05) is 24.5 Å². The molecule has 15 nitrogen and oxygen atoms in total. The molecule has 0 aliphatic carbocycles. The van der Waals surface area contributed by atoms with Crippen molar-refractivity contribution in [1.29, 1.82) is 0 Å². The lowest BCUT2D eigenvalue weighted by Gasteiger charge is -2.38. The Hall–Kier alpha value is -5.90. The number of nitrogens with one attached hydrogen (secondary N) is 1. The molecule has 0 unspecified atom stereocenters. The van der Waals surface area contributed by atoms with Crippen molar-refractivity contribution >= 4 is 46.0 Å². The first-order valence-electron chi connectivity index (χ1n) is 19.7. The van der Waals surface area contributed by atoms with Gasteiger partial charge in [0.05, 0.1) is 58.7 Å². The third kappa shape index (κ3) is 8.69. The molecule has 1 amide bonds. The van der Waals surface area contributed by atoms with Gasteiger partial charge < -0.3 is 49.8 Å². The number of allylic oxidation sites excluding steroid dienone is 2. The summed E-state index contributed by atoms with van der Waals surface area (Å²) in [5, 5.41) is 66.5. The summed E-state index contributed by atoms with van der Waals surface area (Å²) in [4.78, 5) is 40.5. The standard InChI is InChI=1S/C45H55N3O12/c1-22-15-14-16-23(2)44(56)47-35-30(21-46-48(9)29-17-12-11-13-18-29)39(53)32-33(40(35)54)38(52)27(6)42-34(32)43(55)45(8,60-42)58-20-19-31(57-10)24(3)41(59-28(7)49)26(5)37(51)25(4)36(22)50/h11-22,24-26,31,36-37,41,50-54H,1-10H3,(H,47,56)/b15-14+,20-19+,23-16-,46-21+/t22-,24-,25-,26-,31+,36-,37+,41-,45+/m1/s1. The van der Waals surface area contributed by atoms with Crippen LogP contribution in [-0.2, 0) is 23.8 Å². The average molecular weight is 830 g/mol. The first-order valence-corrected chi connectivity index (χ1v) is 19.7. The lowest BCUT2D eigenvalue weighted by molar-refractivity contribution is -0.160. The summed E-state index contributed by atoms with van der Waals surface area (Å²) in [6, 6.07) is 9.03. The quantitative estimate of drug-likeness (QED) is 0.0554. The largest absolute Gasteiger partial charge is 0.507 e. The highest BCUT2D eigenvalue weighted by Crippen LogP contribution is 2.55. The first kappa shape index (κ1) is 45.2. The van der Waals surface area contributed by atoms with Gasteiger partial charge in [-0.25, -0.2) is 0 Å². The number of fused-ring (bicyclic) bond motifs is 14. The number of phenolic OH excluding ortho intramolecular Hbond substituents is 3. The monoisotopic (exact) mass is 829 g/mol. The molecule has 9 atom stereocenters. The number of anilines is 2. The van der Waals surface area contributed by atoms with Crippen LogP contribution in [0.15, 0.2) is 71.6 Å². The number of amides is 1. The van der Waals surface area contributed by atoms with E-state index >= 15 is 0 Å². The van der Waals surface area contributed by atoms with Gasteiger partial charge in [0.15, 0.2) is 5.75 Å². The fourth-order valence-electron chi connectivity index (χ4n) is 7.73. The smallest absolute Gasteiger partial charge is 0.312 e. The Morgan fingerprint density at radius 1 is 0.933 bits per heavy atom. The van der Waals surface area contributed by atoms with Gasteiger partial charge in [0.25, 0.3) is 11.7 Å². The molecule has 6 rings (SSSR count). The molecule has 0 fully saturated rings. The summed E-state index contributed by atoms with van der Waals surface area (Å²) in [7, 11) is 3.08. The van der Waals surface area contributed by atoms with Crippen LogP contribution in [0, 0.1) is 30.6 Å². The summed E-state index contributed by atoms with van der Waals surface area (Å²) in [5.74, 6) is -8.57. The van der Waals surface area contributed by atoms with E-state index in [0.29, 0.717) is 5.69 Å². The van der Waals surface area contributed by atoms with E-state index in [2.05, 4.69) is 10.4 Å². The Kier molecular flexibility index (Phi) is 13.7. The molecule has 0 radical (unpaired) electrons. The summed E-state index contributed by atoms with van der Waals surface area (Å²) >= 11 is 0. The van der Waals surface area contributed by atoms with E-state index in [-0.39, 0.29) is 44.5 Å². The number of aliphatic hydroxyl groups is 2. The van der Waals surface area contributed by atoms with E-state index in [0.717, 1.165) is 0 Å². The molecule has 0 saturated heterocycles. The zero-order valence-electron chi connectivity index (χ0n) is 35.5. The number of hydrogen-bond acceptors (Lipinski definition) is 14. The van der Waals surface area contributed by atoms with Gasteiger partial charge in [0.1, 0.15) is 23.4 Å². The minimum absolute atomic E-state index is 0.0387. The molecule has 5 bridgehead atoms. The number of carbonyl (C=O) groups excluding carboxylic acids is 3. The van der Waals surface area contributed by atoms with Crippen molar-refractivity contribution in [2.45, 2.75) is 85.6 Å². The van der Waals surface area contributed by atoms with Gasteiger partial charge >= 0.3 is 11.8 Å². The number of hydrazone groups is 1. The lowest BCUT2D eigenvalue weighted by Crippen LogP contribution is -2.46. The van der Waals surface area contributed by atoms with Crippen LogP contribution >= 0.6 is 0 Å². The maximum atomic E-state index is 14.4. The molecular weight excluding hydrogens is 775 g/mol. The van der Waals surface area contributed by atoms with E-state index < -0.39 is 88.8 Å². The van der Waals surface area contributed by atoms with Gasteiger partial charge in [-0.2, -0.15) is 5.10 Å². The van der Waals surface area contributed by atoms with Crippen molar-refractivity contribution < 1.29 is 58.9 Å². The number of carbonyl (C=O) groups is 3. The number of methoxy groups -OCH3 is 1. The van der Waals surface area contributed by atoms with Crippen LogP contribution in [0.4, 0.5) is 11.4 Å². The van der Waals surface area contributed by atoms with Gasteiger partial charge in [0.2, 0.25) is 0 Å². The molecule has 3 aromatic rings. The average Bonchev–Trinajstić information content (AvgIpc) is 3.49. The molecule has 0 saturated carbocycles. The molecule has 3 aliphatic heterocycles. The molecule has 3 heterocycles. The van der Waals surface area contributed by atoms with Crippen LogP contribution in [0.1, 0.15) is 70.0 Å². The van der Waals surface area contributed by atoms with E-state index in [9.17, 15) is 39.9 Å². The Morgan fingerprint density at radius 2 is 1.60 bits per heavy atom. The molecule has 60 heavy (non-hydrogen) atoms. The number of Topliss-reactive ketones (excluding diaryl/α,β-unsaturated/α-hetero) is 1. The van der Waals surface area contributed by atoms with E-state index in [4.69, 9.17) is 18.9 Å². The number of aromatic hydroxyl groups is 3. The fraction of sp³-hybridized carbons (Fsp3) is 0.422. The highest BCUT2D eigenvalue weighted by molar-refractivity contribution is 6.24. The second-order valence-corrected chi connectivity index (χ2v) is 15.7. The number of esters is 1. The van der Waals surface area contributed by atoms with Crippen molar-refractivity contribution in [3.05, 3.63) is 83.2 Å². The maximum Gasteiger partial charge on any atom is 0.312 e. The molecule has 15 heteroatoms. The van der Waals surface area contributed by atoms with Gasteiger partial charge in [0, 0.05) is 68.2 Å². The molecule has 0 aromatic heterocycles. The zero-order chi connectivity index (χ0) is 44.4. The molecule has 3 aliphatic rings. The van der Waals surface area contributed by atoms with Gasteiger partial charge in [-0.1, -0.05) is 64.1 Å². The summed E-state index contributed by atoms with van der Waals surface area (Å²) in [6.07, 6.45) is 4.68. The minimum Gasteiger partial charge on any atom is -0.507 e. The van der Waals surface area contributed by atoms with Crippen molar-refractivity contribution in [3.63, 3.8) is 0 Å². The Labute approximate surface area is 349 Å². The first-order chi connectivity index (χ1) is 28.2. The number of ether oxygens (including phenoxy) is 4. The Bertz CT molecular complexity index is 2250. The van der Waals surface area contributed by atoms with E-state index in [1.165, 1.54) is 64.4 Å². The molecule has 6 N–H and O–H groups in total. The summed E-state index contributed by atoms with van der Waals surface area (Å²) in [6.45, 7) is 12.5. The van der Waals surface area contributed by atoms with Crippen LogP contribution in [0.3, 0.4) is 0 Å². The second-order valence-electron chi connectivity index (χ2n) is 15.7.